The zero-order valence-electron chi connectivity index (χ0n) is 9.93. The maximum Gasteiger partial charge on any atom is 0.146 e. The molecule has 0 amide bonds. The Labute approximate surface area is 106 Å². The zero-order chi connectivity index (χ0) is 12.5. The molecule has 0 radical (unpaired) electrons. The fourth-order valence-corrected chi connectivity index (χ4v) is 1.58. The van der Waals surface area contributed by atoms with Crippen molar-refractivity contribution < 1.29 is 9.13 Å². The summed E-state index contributed by atoms with van der Waals surface area (Å²) >= 11 is 5.68. The lowest BCUT2D eigenvalue weighted by atomic mass is 10.2. The number of hydrogen-bond donors (Lipinski definition) is 2. The average molecular weight is 261 g/mol. The SMILES string of the molecule is COCCNCCNCc1cccc(Cl)c1F. The van der Waals surface area contributed by atoms with Crippen molar-refractivity contribution in [3.63, 3.8) is 0 Å². The molecule has 0 unspecified atom stereocenters. The van der Waals surface area contributed by atoms with Crippen molar-refractivity contribution in [3.05, 3.63) is 34.6 Å². The van der Waals surface area contributed by atoms with E-state index in [9.17, 15) is 4.39 Å². The molecule has 0 aliphatic rings. The van der Waals surface area contributed by atoms with Crippen LogP contribution in [-0.4, -0.2) is 33.4 Å². The van der Waals surface area contributed by atoms with Crippen LogP contribution in [0.25, 0.3) is 0 Å². The number of ether oxygens (including phenoxy) is 1. The van der Waals surface area contributed by atoms with Gasteiger partial charge in [-0.05, 0) is 6.07 Å². The number of nitrogens with one attached hydrogen (secondary N) is 2. The van der Waals surface area contributed by atoms with Crippen molar-refractivity contribution in [2.75, 3.05) is 33.4 Å². The molecule has 0 fully saturated rings. The van der Waals surface area contributed by atoms with Gasteiger partial charge in [-0.25, -0.2) is 4.39 Å². The van der Waals surface area contributed by atoms with Gasteiger partial charge in [-0.2, -0.15) is 0 Å². The van der Waals surface area contributed by atoms with Crippen molar-refractivity contribution in [1.82, 2.24) is 10.6 Å². The Balaban J connectivity index is 2.16. The lowest BCUT2D eigenvalue weighted by Crippen LogP contribution is -2.29. The predicted molar refractivity (Wildman–Crippen MR) is 67.9 cm³/mol. The van der Waals surface area contributed by atoms with E-state index in [1.54, 1.807) is 25.3 Å². The van der Waals surface area contributed by atoms with Crippen LogP contribution < -0.4 is 10.6 Å². The quantitative estimate of drug-likeness (QED) is 0.700. The smallest absolute Gasteiger partial charge is 0.146 e. The number of methoxy groups -OCH3 is 1. The van der Waals surface area contributed by atoms with E-state index < -0.39 is 0 Å². The standard InChI is InChI=1S/C12H18ClFN2O/c1-17-8-7-15-5-6-16-9-10-3-2-4-11(13)12(10)14/h2-4,15-16H,5-9H2,1H3. The maximum absolute atomic E-state index is 13.5. The topological polar surface area (TPSA) is 33.3 Å². The second-order valence-electron chi connectivity index (χ2n) is 3.63. The van der Waals surface area contributed by atoms with Gasteiger partial charge in [0, 0.05) is 38.9 Å². The van der Waals surface area contributed by atoms with E-state index in [0.29, 0.717) is 18.7 Å². The van der Waals surface area contributed by atoms with Gasteiger partial charge < -0.3 is 15.4 Å². The van der Waals surface area contributed by atoms with Crippen LogP contribution in [0.5, 0.6) is 0 Å². The first-order valence-electron chi connectivity index (χ1n) is 5.59. The molecular formula is C12H18ClFN2O. The summed E-state index contributed by atoms with van der Waals surface area (Å²) in [5.74, 6) is -0.339. The molecule has 2 N–H and O–H groups in total. The molecule has 5 heteroatoms. The van der Waals surface area contributed by atoms with E-state index in [1.165, 1.54) is 0 Å². The molecule has 0 atom stereocenters. The van der Waals surface area contributed by atoms with Gasteiger partial charge >= 0.3 is 0 Å². The van der Waals surface area contributed by atoms with E-state index >= 15 is 0 Å². The number of benzene rings is 1. The first-order valence-corrected chi connectivity index (χ1v) is 5.96. The van der Waals surface area contributed by atoms with Gasteiger partial charge in [-0.1, -0.05) is 23.7 Å². The fourth-order valence-electron chi connectivity index (χ4n) is 1.38. The minimum atomic E-state index is -0.339. The molecule has 0 saturated heterocycles. The Morgan fingerprint density at radius 1 is 1.24 bits per heavy atom. The molecule has 1 aromatic rings. The summed E-state index contributed by atoms with van der Waals surface area (Å²) < 4.78 is 18.4. The van der Waals surface area contributed by atoms with E-state index in [4.69, 9.17) is 16.3 Å². The summed E-state index contributed by atoms with van der Waals surface area (Å²) in [7, 11) is 1.67. The van der Waals surface area contributed by atoms with Gasteiger partial charge in [-0.15, -0.1) is 0 Å². The zero-order valence-corrected chi connectivity index (χ0v) is 10.7. The monoisotopic (exact) mass is 260 g/mol. The number of hydrogen-bond acceptors (Lipinski definition) is 3. The van der Waals surface area contributed by atoms with Crippen LogP contribution in [0.1, 0.15) is 5.56 Å². The van der Waals surface area contributed by atoms with Gasteiger partial charge in [-0.3, -0.25) is 0 Å². The van der Waals surface area contributed by atoms with Crippen LogP contribution in [0.3, 0.4) is 0 Å². The second-order valence-corrected chi connectivity index (χ2v) is 4.04. The molecule has 0 aliphatic heterocycles. The minimum Gasteiger partial charge on any atom is -0.383 e. The summed E-state index contributed by atoms with van der Waals surface area (Å²) in [5.41, 5.74) is 0.592. The van der Waals surface area contributed by atoms with Crippen molar-refractivity contribution in [2.24, 2.45) is 0 Å². The third-order valence-corrected chi connectivity index (χ3v) is 2.60. The fraction of sp³-hybridized carbons (Fsp3) is 0.500. The van der Waals surface area contributed by atoms with E-state index in [1.807, 2.05) is 0 Å². The van der Waals surface area contributed by atoms with Crippen LogP contribution in [-0.2, 0) is 11.3 Å². The average Bonchev–Trinajstić information content (AvgIpc) is 2.33. The highest BCUT2D eigenvalue weighted by Crippen LogP contribution is 2.17. The number of rotatable bonds is 8. The van der Waals surface area contributed by atoms with Crippen molar-refractivity contribution in [1.29, 1.82) is 0 Å². The van der Waals surface area contributed by atoms with Gasteiger partial charge in [0.1, 0.15) is 5.82 Å². The summed E-state index contributed by atoms with van der Waals surface area (Å²) in [4.78, 5) is 0. The third-order valence-electron chi connectivity index (χ3n) is 2.31. The molecular weight excluding hydrogens is 243 g/mol. The molecule has 0 aromatic heterocycles. The van der Waals surface area contributed by atoms with Crippen LogP contribution in [0.4, 0.5) is 4.39 Å². The second kappa shape index (κ2) is 8.42. The highest BCUT2D eigenvalue weighted by atomic mass is 35.5. The molecule has 17 heavy (non-hydrogen) atoms. The first kappa shape index (κ1) is 14.4. The molecule has 3 nitrogen and oxygen atoms in total. The van der Waals surface area contributed by atoms with Gasteiger partial charge in [0.25, 0.3) is 0 Å². The van der Waals surface area contributed by atoms with E-state index in [2.05, 4.69) is 10.6 Å². The molecule has 1 rings (SSSR count). The van der Waals surface area contributed by atoms with Crippen molar-refractivity contribution >= 4 is 11.6 Å². The van der Waals surface area contributed by atoms with Crippen LogP contribution in [0.2, 0.25) is 5.02 Å². The van der Waals surface area contributed by atoms with E-state index in [0.717, 1.165) is 19.6 Å². The normalized spacial score (nSPS) is 10.8. The lowest BCUT2D eigenvalue weighted by molar-refractivity contribution is 0.199. The predicted octanol–water partition coefficient (Wildman–Crippen LogP) is 1.80. The highest BCUT2D eigenvalue weighted by Gasteiger charge is 2.04. The minimum absolute atomic E-state index is 0.169. The van der Waals surface area contributed by atoms with Gasteiger partial charge in [0.15, 0.2) is 0 Å². The van der Waals surface area contributed by atoms with Gasteiger partial charge in [0.05, 0.1) is 11.6 Å². The Morgan fingerprint density at radius 2 is 2.00 bits per heavy atom. The largest absolute Gasteiger partial charge is 0.383 e. The molecule has 0 saturated carbocycles. The highest BCUT2D eigenvalue weighted by molar-refractivity contribution is 6.30. The molecule has 0 bridgehead atoms. The molecule has 96 valence electrons. The van der Waals surface area contributed by atoms with Crippen LogP contribution in [0, 0.1) is 5.82 Å². The van der Waals surface area contributed by atoms with Gasteiger partial charge in [0.2, 0.25) is 0 Å². The Hall–Kier alpha value is -0.680. The summed E-state index contributed by atoms with van der Waals surface area (Å²) in [6.07, 6.45) is 0. The molecule has 0 spiro atoms. The van der Waals surface area contributed by atoms with Crippen molar-refractivity contribution in [2.45, 2.75) is 6.54 Å². The molecule has 0 heterocycles. The van der Waals surface area contributed by atoms with Crippen LogP contribution >= 0.6 is 11.6 Å². The number of halogens is 2. The van der Waals surface area contributed by atoms with Crippen LogP contribution in [0.15, 0.2) is 18.2 Å². The Kier molecular flexibility index (Phi) is 7.12. The Morgan fingerprint density at radius 3 is 2.76 bits per heavy atom. The van der Waals surface area contributed by atoms with E-state index in [-0.39, 0.29) is 10.8 Å². The summed E-state index contributed by atoms with van der Waals surface area (Å²) in [5, 5.41) is 6.50. The third kappa shape index (κ3) is 5.46. The molecule has 1 aromatic carbocycles. The first-order chi connectivity index (χ1) is 8.25. The summed E-state index contributed by atoms with van der Waals surface area (Å²) in [6, 6.07) is 5.03. The summed E-state index contributed by atoms with van der Waals surface area (Å²) in [6.45, 7) is 3.60. The maximum atomic E-state index is 13.5. The van der Waals surface area contributed by atoms with Crippen molar-refractivity contribution in [3.8, 4) is 0 Å². The lowest BCUT2D eigenvalue weighted by Gasteiger charge is -2.07. The molecule has 0 aliphatic carbocycles. The Bertz CT molecular complexity index is 336.